The van der Waals surface area contributed by atoms with Crippen molar-refractivity contribution in [3.8, 4) is 16.9 Å². The minimum absolute atomic E-state index is 0.0914. The quantitative estimate of drug-likeness (QED) is 0.764. The highest BCUT2D eigenvalue weighted by molar-refractivity contribution is 6.02. The molecule has 0 bridgehead atoms. The van der Waals surface area contributed by atoms with Gasteiger partial charge in [0.05, 0.1) is 5.56 Å². The molecule has 0 unspecified atom stereocenters. The van der Waals surface area contributed by atoms with Crippen LogP contribution in [0.1, 0.15) is 35.1 Å². The summed E-state index contributed by atoms with van der Waals surface area (Å²) in [5.41, 5.74) is 9.43. The van der Waals surface area contributed by atoms with Crippen LogP contribution in [-0.2, 0) is 13.0 Å². The number of nitrogens with two attached hydrogens (primary N) is 1. The van der Waals surface area contributed by atoms with Crippen LogP contribution in [0, 0.1) is 6.92 Å². The fraction of sp³-hybridized carbons (Fsp3) is 0.353. The van der Waals surface area contributed by atoms with Gasteiger partial charge in [-0.15, -0.1) is 0 Å². The summed E-state index contributed by atoms with van der Waals surface area (Å²) in [5, 5.41) is 18.8. The second-order valence-corrected chi connectivity index (χ2v) is 5.28. The van der Waals surface area contributed by atoms with Gasteiger partial charge in [0.15, 0.2) is 0 Å². The number of aliphatic hydroxyl groups excluding tert-OH is 1. The van der Waals surface area contributed by atoms with E-state index >= 15 is 0 Å². The molecular weight excluding hydrogens is 280 g/mol. The van der Waals surface area contributed by atoms with Crippen LogP contribution in [0.5, 0.6) is 5.75 Å². The molecule has 118 valence electrons. The highest BCUT2D eigenvalue weighted by Gasteiger charge is 2.23. The number of aromatic nitrogens is 1. The summed E-state index contributed by atoms with van der Waals surface area (Å²) in [6.45, 7) is 4.60. The molecule has 1 amide bonds. The number of aliphatic hydroxyl groups is 1. The zero-order valence-electron chi connectivity index (χ0n) is 13.0. The molecule has 0 fully saturated rings. The van der Waals surface area contributed by atoms with E-state index in [4.69, 9.17) is 10.8 Å². The van der Waals surface area contributed by atoms with E-state index in [0.717, 1.165) is 28.9 Å². The number of rotatable bonds is 6. The lowest BCUT2D eigenvalue weighted by Gasteiger charge is -2.11. The second kappa shape index (κ2) is 6.66. The Labute approximate surface area is 130 Å². The Hall–Kier alpha value is -2.27. The first-order valence-corrected chi connectivity index (χ1v) is 7.43. The molecule has 2 rings (SSSR count). The maximum absolute atomic E-state index is 12.0. The summed E-state index contributed by atoms with van der Waals surface area (Å²) in [4.78, 5) is 12.0. The molecule has 5 nitrogen and oxygen atoms in total. The van der Waals surface area contributed by atoms with Gasteiger partial charge in [-0.2, -0.15) is 0 Å². The molecule has 0 spiro atoms. The Bertz CT molecular complexity index is 689. The van der Waals surface area contributed by atoms with Crippen LogP contribution in [0.25, 0.3) is 11.1 Å². The van der Waals surface area contributed by atoms with E-state index in [1.54, 1.807) is 18.2 Å². The fourth-order valence-corrected chi connectivity index (χ4v) is 2.97. The van der Waals surface area contributed by atoms with Crippen molar-refractivity contribution >= 4 is 5.91 Å². The SMILES string of the molecule is CCc1c(-c2cccc(O)c2)c(C(N)=O)c(C)n1CCCO. The maximum Gasteiger partial charge on any atom is 0.251 e. The summed E-state index contributed by atoms with van der Waals surface area (Å²) >= 11 is 0. The number of phenolic OH excluding ortho intramolecular Hbond substituents is 1. The number of phenols is 1. The highest BCUT2D eigenvalue weighted by atomic mass is 16.3. The summed E-state index contributed by atoms with van der Waals surface area (Å²) in [6, 6.07) is 6.83. The van der Waals surface area contributed by atoms with Gasteiger partial charge in [0.2, 0.25) is 0 Å². The molecule has 1 aromatic heterocycles. The number of benzene rings is 1. The lowest BCUT2D eigenvalue weighted by molar-refractivity contribution is 0.1000. The number of amides is 1. The van der Waals surface area contributed by atoms with Crippen LogP contribution >= 0.6 is 0 Å². The molecule has 1 heterocycles. The number of nitrogens with zero attached hydrogens (tertiary/aromatic N) is 1. The first-order chi connectivity index (χ1) is 10.5. The standard InChI is InChI=1S/C17H22N2O3/c1-3-14-16(12-6-4-7-13(21)10-12)15(17(18)22)11(2)19(14)8-5-9-20/h4,6-7,10,20-21H,3,5,8-9H2,1-2H3,(H2,18,22). The van der Waals surface area contributed by atoms with Crippen LogP contribution in [0.15, 0.2) is 24.3 Å². The number of hydrogen-bond donors (Lipinski definition) is 3. The number of carbonyl (C=O) groups is 1. The molecular formula is C17H22N2O3. The number of primary amides is 1. The smallest absolute Gasteiger partial charge is 0.251 e. The van der Waals surface area contributed by atoms with E-state index in [1.165, 1.54) is 0 Å². The molecule has 2 aromatic rings. The van der Waals surface area contributed by atoms with Crippen molar-refractivity contribution in [1.82, 2.24) is 4.57 Å². The first-order valence-electron chi connectivity index (χ1n) is 7.43. The zero-order valence-corrected chi connectivity index (χ0v) is 13.0. The van der Waals surface area contributed by atoms with Crippen molar-refractivity contribution in [3.05, 3.63) is 41.2 Å². The Morgan fingerprint density at radius 3 is 2.64 bits per heavy atom. The molecule has 0 aliphatic rings. The summed E-state index contributed by atoms with van der Waals surface area (Å²) in [5.74, 6) is -0.330. The third kappa shape index (κ3) is 2.85. The average molecular weight is 302 g/mol. The lowest BCUT2D eigenvalue weighted by Crippen LogP contribution is -2.13. The van der Waals surface area contributed by atoms with Crippen molar-refractivity contribution in [1.29, 1.82) is 0 Å². The van der Waals surface area contributed by atoms with Gasteiger partial charge in [-0.1, -0.05) is 19.1 Å². The molecule has 5 heteroatoms. The Balaban J connectivity index is 2.72. The molecule has 0 aliphatic carbocycles. The van der Waals surface area contributed by atoms with E-state index in [1.807, 2.05) is 24.5 Å². The van der Waals surface area contributed by atoms with E-state index < -0.39 is 5.91 Å². The van der Waals surface area contributed by atoms with Crippen molar-refractivity contribution in [2.75, 3.05) is 6.61 Å². The Morgan fingerprint density at radius 2 is 2.09 bits per heavy atom. The van der Waals surface area contributed by atoms with Crippen LogP contribution in [0.4, 0.5) is 0 Å². The predicted octanol–water partition coefficient (Wildman–Crippen LogP) is 2.21. The number of carbonyl (C=O) groups excluding carboxylic acids is 1. The number of aromatic hydroxyl groups is 1. The third-order valence-corrected chi connectivity index (χ3v) is 3.89. The maximum atomic E-state index is 12.0. The van der Waals surface area contributed by atoms with Crippen molar-refractivity contribution < 1.29 is 15.0 Å². The van der Waals surface area contributed by atoms with E-state index in [2.05, 4.69) is 0 Å². The van der Waals surface area contributed by atoms with Crippen molar-refractivity contribution in [2.45, 2.75) is 33.2 Å². The minimum Gasteiger partial charge on any atom is -0.508 e. The highest BCUT2D eigenvalue weighted by Crippen LogP contribution is 2.34. The van der Waals surface area contributed by atoms with Gasteiger partial charge in [0.1, 0.15) is 5.75 Å². The first kappa shape index (κ1) is 16.1. The van der Waals surface area contributed by atoms with Gasteiger partial charge in [0.25, 0.3) is 5.91 Å². The van der Waals surface area contributed by atoms with Crippen LogP contribution in [0.3, 0.4) is 0 Å². The topological polar surface area (TPSA) is 88.5 Å². The van der Waals surface area contributed by atoms with Crippen molar-refractivity contribution in [2.24, 2.45) is 5.73 Å². The van der Waals surface area contributed by atoms with Crippen molar-refractivity contribution in [3.63, 3.8) is 0 Å². The largest absolute Gasteiger partial charge is 0.508 e. The summed E-state index contributed by atoms with van der Waals surface area (Å²) in [6.07, 6.45) is 1.34. The van der Waals surface area contributed by atoms with Gasteiger partial charge >= 0.3 is 0 Å². The molecule has 0 aliphatic heterocycles. The molecule has 0 saturated heterocycles. The monoisotopic (exact) mass is 302 g/mol. The van der Waals surface area contributed by atoms with E-state index in [0.29, 0.717) is 18.5 Å². The number of hydrogen-bond acceptors (Lipinski definition) is 3. The lowest BCUT2D eigenvalue weighted by atomic mass is 9.98. The van der Waals surface area contributed by atoms with Gasteiger partial charge in [-0.3, -0.25) is 4.79 Å². The van der Waals surface area contributed by atoms with E-state index in [9.17, 15) is 9.90 Å². The molecule has 4 N–H and O–H groups in total. The summed E-state index contributed by atoms with van der Waals surface area (Å²) < 4.78 is 2.04. The molecule has 0 saturated carbocycles. The second-order valence-electron chi connectivity index (χ2n) is 5.28. The van der Waals surface area contributed by atoms with Gasteiger partial charge < -0.3 is 20.5 Å². The normalized spacial score (nSPS) is 10.9. The zero-order chi connectivity index (χ0) is 16.3. The molecule has 0 radical (unpaired) electrons. The predicted molar refractivity (Wildman–Crippen MR) is 85.9 cm³/mol. The van der Waals surface area contributed by atoms with Gasteiger partial charge in [-0.25, -0.2) is 0 Å². The molecule has 22 heavy (non-hydrogen) atoms. The van der Waals surface area contributed by atoms with Crippen LogP contribution in [0.2, 0.25) is 0 Å². The third-order valence-electron chi connectivity index (χ3n) is 3.89. The fourth-order valence-electron chi connectivity index (χ4n) is 2.97. The minimum atomic E-state index is -0.478. The van der Waals surface area contributed by atoms with Crippen LogP contribution < -0.4 is 5.73 Å². The van der Waals surface area contributed by atoms with Crippen LogP contribution in [-0.4, -0.2) is 27.3 Å². The Kier molecular flexibility index (Phi) is 4.88. The average Bonchev–Trinajstić information content (AvgIpc) is 2.77. The molecule has 0 atom stereocenters. The summed E-state index contributed by atoms with van der Waals surface area (Å²) in [7, 11) is 0. The molecule has 1 aromatic carbocycles. The van der Waals surface area contributed by atoms with Gasteiger partial charge in [-0.05, 0) is 37.5 Å². The Morgan fingerprint density at radius 1 is 1.36 bits per heavy atom. The van der Waals surface area contributed by atoms with Gasteiger partial charge in [0, 0.05) is 30.1 Å². The van der Waals surface area contributed by atoms with E-state index in [-0.39, 0.29) is 12.4 Å².